The van der Waals surface area contributed by atoms with Gasteiger partial charge in [-0.15, -0.1) is 6.42 Å². The van der Waals surface area contributed by atoms with Crippen molar-refractivity contribution in [3.63, 3.8) is 0 Å². The van der Waals surface area contributed by atoms with Gasteiger partial charge in [0.1, 0.15) is 6.10 Å². The van der Waals surface area contributed by atoms with Gasteiger partial charge in [0.2, 0.25) is 0 Å². The van der Waals surface area contributed by atoms with Gasteiger partial charge in [0, 0.05) is 0 Å². The molecule has 0 unspecified atom stereocenters. The zero-order valence-electron chi connectivity index (χ0n) is 10.7. The molecule has 1 aromatic rings. The number of ether oxygens (including phenoxy) is 1. The van der Waals surface area contributed by atoms with Gasteiger partial charge in [-0.3, -0.25) is 4.18 Å². The molecule has 4 nitrogen and oxygen atoms in total. The van der Waals surface area contributed by atoms with E-state index in [1.807, 2.05) is 6.92 Å². The molecule has 0 spiro atoms. The Morgan fingerprint density at radius 1 is 1.37 bits per heavy atom. The lowest BCUT2D eigenvalue weighted by atomic mass is 10.2. The molecule has 0 bridgehead atoms. The van der Waals surface area contributed by atoms with Crippen molar-refractivity contribution in [1.29, 1.82) is 0 Å². The van der Waals surface area contributed by atoms with Crippen LogP contribution < -0.4 is 0 Å². The van der Waals surface area contributed by atoms with E-state index in [9.17, 15) is 8.42 Å². The number of aryl methyl sites for hydroxylation is 1. The van der Waals surface area contributed by atoms with Gasteiger partial charge in [-0.2, -0.15) is 8.42 Å². The molecule has 5 heteroatoms. The molecule has 0 saturated carbocycles. The fourth-order valence-corrected chi connectivity index (χ4v) is 2.83. The summed E-state index contributed by atoms with van der Waals surface area (Å²) in [5, 5.41) is 0. The summed E-state index contributed by atoms with van der Waals surface area (Å²) in [6.07, 6.45) is 6.24. The van der Waals surface area contributed by atoms with E-state index in [0.29, 0.717) is 0 Å². The van der Waals surface area contributed by atoms with Crippen LogP contribution >= 0.6 is 0 Å². The van der Waals surface area contributed by atoms with Crippen molar-refractivity contribution in [2.45, 2.75) is 36.9 Å². The van der Waals surface area contributed by atoms with Crippen molar-refractivity contribution in [1.82, 2.24) is 0 Å². The minimum Gasteiger partial charge on any atom is -0.360 e. The Bertz CT molecular complexity index is 568. The predicted octanol–water partition coefficient (Wildman–Crippen LogP) is 1.88. The molecule has 0 amide bonds. The predicted molar refractivity (Wildman–Crippen MR) is 71.0 cm³/mol. The van der Waals surface area contributed by atoms with Gasteiger partial charge < -0.3 is 4.74 Å². The van der Waals surface area contributed by atoms with Crippen LogP contribution in [0.15, 0.2) is 29.2 Å². The van der Waals surface area contributed by atoms with Crippen LogP contribution in [-0.4, -0.2) is 27.2 Å². The van der Waals surface area contributed by atoms with Crippen LogP contribution in [0.2, 0.25) is 0 Å². The zero-order chi connectivity index (χ0) is 13.9. The fourth-order valence-electron chi connectivity index (χ4n) is 1.89. The molecule has 1 aliphatic rings. The summed E-state index contributed by atoms with van der Waals surface area (Å²) in [4.78, 5) is 0.157. The van der Waals surface area contributed by atoms with Gasteiger partial charge in [0.05, 0.1) is 17.6 Å². The SMILES string of the molecule is C#C[C@@H]1CC[C@H](COS(=O)(=O)c2ccc(C)cc2)O1. The van der Waals surface area contributed by atoms with Crippen LogP contribution in [0, 0.1) is 19.3 Å². The van der Waals surface area contributed by atoms with Crippen LogP contribution in [0.5, 0.6) is 0 Å². The highest BCUT2D eigenvalue weighted by Crippen LogP contribution is 2.21. The first-order valence-corrected chi connectivity index (χ1v) is 7.50. The Morgan fingerprint density at radius 3 is 2.63 bits per heavy atom. The third-order valence-electron chi connectivity index (χ3n) is 3.01. The normalized spacial score (nSPS) is 23.2. The first-order chi connectivity index (χ1) is 9.01. The molecule has 0 N–H and O–H groups in total. The summed E-state index contributed by atoms with van der Waals surface area (Å²) >= 11 is 0. The van der Waals surface area contributed by atoms with Crippen LogP contribution in [0.25, 0.3) is 0 Å². The molecule has 2 atom stereocenters. The highest BCUT2D eigenvalue weighted by molar-refractivity contribution is 7.86. The van der Waals surface area contributed by atoms with E-state index in [0.717, 1.165) is 18.4 Å². The highest BCUT2D eigenvalue weighted by atomic mass is 32.2. The molecular weight excluding hydrogens is 264 g/mol. The van der Waals surface area contributed by atoms with Gasteiger partial charge in [-0.05, 0) is 31.9 Å². The minimum absolute atomic E-state index is 0.00832. The molecule has 0 radical (unpaired) electrons. The van der Waals surface area contributed by atoms with Crippen LogP contribution in [0.1, 0.15) is 18.4 Å². The van der Waals surface area contributed by atoms with Crippen molar-refractivity contribution < 1.29 is 17.3 Å². The Kier molecular flexibility index (Phi) is 4.25. The smallest absolute Gasteiger partial charge is 0.297 e. The van der Waals surface area contributed by atoms with E-state index in [1.165, 1.54) is 12.1 Å². The topological polar surface area (TPSA) is 52.6 Å². The average Bonchev–Trinajstić information content (AvgIpc) is 2.85. The summed E-state index contributed by atoms with van der Waals surface area (Å²) in [6, 6.07) is 6.53. The largest absolute Gasteiger partial charge is 0.360 e. The number of benzene rings is 1. The number of terminal acetylenes is 1. The van der Waals surface area contributed by atoms with Crippen molar-refractivity contribution in [2.75, 3.05) is 6.61 Å². The molecule has 1 aliphatic heterocycles. The maximum Gasteiger partial charge on any atom is 0.297 e. The number of hydrogen-bond acceptors (Lipinski definition) is 4. The monoisotopic (exact) mass is 280 g/mol. The summed E-state index contributed by atoms with van der Waals surface area (Å²) in [5.41, 5.74) is 0.995. The molecule has 102 valence electrons. The Labute approximate surface area is 113 Å². The first kappa shape index (κ1) is 14.1. The summed E-state index contributed by atoms with van der Waals surface area (Å²) in [6.45, 7) is 1.90. The molecule has 0 aromatic heterocycles. The number of hydrogen-bond donors (Lipinski definition) is 0. The standard InChI is InChI=1S/C14H16O4S/c1-3-12-6-7-13(18-12)10-17-19(15,16)14-8-4-11(2)5-9-14/h1,4-5,8-9,12-13H,6-7,10H2,2H3/t12-,13-/m1/s1. The average molecular weight is 280 g/mol. The van der Waals surface area contributed by atoms with Crippen molar-refractivity contribution in [3.05, 3.63) is 29.8 Å². The van der Waals surface area contributed by atoms with E-state index in [-0.39, 0.29) is 23.7 Å². The quantitative estimate of drug-likeness (QED) is 0.624. The van der Waals surface area contributed by atoms with Crippen LogP contribution in [0.3, 0.4) is 0 Å². The van der Waals surface area contributed by atoms with Gasteiger partial charge in [-0.25, -0.2) is 0 Å². The second kappa shape index (κ2) is 5.74. The van der Waals surface area contributed by atoms with Crippen molar-refractivity contribution >= 4 is 10.1 Å². The first-order valence-electron chi connectivity index (χ1n) is 6.09. The van der Waals surface area contributed by atoms with Gasteiger partial charge in [-0.1, -0.05) is 23.6 Å². The Hall–Kier alpha value is -1.35. The third-order valence-corrected chi connectivity index (χ3v) is 4.31. The summed E-state index contributed by atoms with van der Waals surface area (Å²) in [7, 11) is -3.72. The van der Waals surface area contributed by atoms with E-state index in [2.05, 4.69) is 5.92 Å². The van der Waals surface area contributed by atoms with Crippen molar-refractivity contribution in [2.24, 2.45) is 0 Å². The second-order valence-electron chi connectivity index (χ2n) is 4.54. The lowest BCUT2D eigenvalue weighted by Gasteiger charge is -2.11. The Morgan fingerprint density at radius 2 is 2.05 bits per heavy atom. The molecule has 0 aliphatic carbocycles. The second-order valence-corrected chi connectivity index (χ2v) is 6.16. The van der Waals surface area contributed by atoms with E-state index >= 15 is 0 Å². The van der Waals surface area contributed by atoms with Gasteiger partial charge in [0.25, 0.3) is 10.1 Å². The molecule has 2 rings (SSSR count). The third kappa shape index (κ3) is 3.57. The summed E-state index contributed by atoms with van der Waals surface area (Å²) in [5.74, 6) is 2.50. The maximum absolute atomic E-state index is 11.9. The minimum atomic E-state index is -3.72. The molecule has 19 heavy (non-hydrogen) atoms. The van der Waals surface area contributed by atoms with Gasteiger partial charge in [0.15, 0.2) is 0 Å². The van der Waals surface area contributed by atoms with E-state index in [1.54, 1.807) is 12.1 Å². The Balaban J connectivity index is 1.95. The van der Waals surface area contributed by atoms with E-state index < -0.39 is 10.1 Å². The van der Waals surface area contributed by atoms with Crippen LogP contribution in [-0.2, 0) is 19.0 Å². The zero-order valence-corrected chi connectivity index (χ0v) is 11.5. The molecule has 1 heterocycles. The fraction of sp³-hybridized carbons (Fsp3) is 0.429. The number of rotatable bonds is 4. The maximum atomic E-state index is 11.9. The molecule has 1 aromatic carbocycles. The molecular formula is C14H16O4S. The molecule has 1 saturated heterocycles. The summed E-state index contributed by atoms with van der Waals surface area (Å²) < 4.78 is 34.3. The van der Waals surface area contributed by atoms with E-state index in [4.69, 9.17) is 15.3 Å². The lowest BCUT2D eigenvalue weighted by molar-refractivity contribution is 0.0438. The lowest BCUT2D eigenvalue weighted by Crippen LogP contribution is -2.19. The van der Waals surface area contributed by atoms with Gasteiger partial charge >= 0.3 is 0 Å². The van der Waals surface area contributed by atoms with Crippen LogP contribution in [0.4, 0.5) is 0 Å². The highest BCUT2D eigenvalue weighted by Gasteiger charge is 2.26. The molecule has 1 fully saturated rings. The van der Waals surface area contributed by atoms with Crippen molar-refractivity contribution in [3.8, 4) is 12.3 Å².